The van der Waals surface area contributed by atoms with E-state index >= 15 is 0 Å². The largest absolute Gasteiger partial charge is 0.488 e. The molecule has 1 aliphatic rings. The van der Waals surface area contributed by atoms with Crippen LogP contribution in [0.1, 0.15) is 30.0 Å². The number of benzene rings is 2. The Hall–Kier alpha value is -3.28. The highest BCUT2D eigenvalue weighted by Gasteiger charge is 2.23. The molecule has 1 aromatic heterocycles. The number of aryl methyl sites for hydroxylation is 2. The standard InChI is InChI=1S/C25H30N4O2/c1-4-28(21-8-5-7-18(2)13-21)12-6-11-26-24(30)16-29-25-20(15-27-29)17-31-23-10-9-19(3)14-22(23)25/h5,7-10,13-15H,4,6,11-12,16-17H2,1-3H3,(H,26,30). The molecule has 162 valence electrons. The number of hydrogen-bond acceptors (Lipinski definition) is 4. The van der Waals surface area contributed by atoms with Gasteiger partial charge in [-0.2, -0.15) is 5.10 Å². The van der Waals surface area contributed by atoms with Crippen LogP contribution in [0.4, 0.5) is 5.69 Å². The van der Waals surface area contributed by atoms with E-state index in [-0.39, 0.29) is 12.5 Å². The summed E-state index contributed by atoms with van der Waals surface area (Å²) in [6.07, 6.45) is 2.69. The lowest BCUT2D eigenvalue weighted by molar-refractivity contribution is -0.121. The zero-order chi connectivity index (χ0) is 21.8. The average molecular weight is 419 g/mol. The van der Waals surface area contributed by atoms with Gasteiger partial charge >= 0.3 is 0 Å². The maximum Gasteiger partial charge on any atom is 0.241 e. The van der Waals surface area contributed by atoms with E-state index in [0.29, 0.717) is 13.2 Å². The zero-order valence-electron chi connectivity index (χ0n) is 18.5. The van der Waals surface area contributed by atoms with Gasteiger partial charge in [-0.1, -0.05) is 23.8 Å². The second-order valence-corrected chi connectivity index (χ2v) is 8.09. The lowest BCUT2D eigenvalue weighted by Gasteiger charge is -2.23. The first kappa shape index (κ1) is 21.0. The molecule has 0 unspecified atom stereocenters. The van der Waals surface area contributed by atoms with Crippen molar-refractivity contribution in [1.82, 2.24) is 15.1 Å². The highest BCUT2D eigenvalue weighted by atomic mass is 16.5. The van der Waals surface area contributed by atoms with Crippen LogP contribution in [-0.2, 0) is 17.9 Å². The number of carbonyl (C=O) groups excluding carboxylic acids is 1. The molecule has 0 aliphatic carbocycles. The molecule has 2 aromatic carbocycles. The van der Waals surface area contributed by atoms with Crippen molar-refractivity contribution in [3.63, 3.8) is 0 Å². The Bertz CT molecular complexity index is 1070. The molecule has 3 aromatic rings. The van der Waals surface area contributed by atoms with Crippen molar-refractivity contribution in [3.8, 4) is 17.0 Å². The molecule has 0 bridgehead atoms. The number of rotatable bonds is 8. The fourth-order valence-electron chi connectivity index (χ4n) is 4.06. The van der Waals surface area contributed by atoms with Gasteiger partial charge in [-0.05, 0) is 57.0 Å². The molecular weight excluding hydrogens is 388 g/mol. The number of fused-ring (bicyclic) bond motifs is 3. The van der Waals surface area contributed by atoms with E-state index in [1.165, 1.54) is 11.3 Å². The van der Waals surface area contributed by atoms with Gasteiger partial charge in [0.1, 0.15) is 18.9 Å². The normalized spacial score (nSPS) is 12.0. The van der Waals surface area contributed by atoms with E-state index in [9.17, 15) is 4.79 Å². The molecule has 4 rings (SSSR count). The van der Waals surface area contributed by atoms with Crippen LogP contribution in [0.2, 0.25) is 0 Å². The van der Waals surface area contributed by atoms with Crippen LogP contribution in [0.5, 0.6) is 5.75 Å². The third-order valence-corrected chi connectivity index (χ3v) is 5.66. The number of nitrogens with zero attached hydrogens (tertiary/aromatic N) is 3. The SMILES string of the molecule is CCN(CCCNC(=O)Cn1ncc2c1-c1cc(C)ccc1OC2)c1cccc(C)c1. The molecule has 0 atom stereocenters. The average Bonchev–Trinajstić information content (AvgIpc) is 3.17. The van der Waals surface area contributed by atoms with Gasteiger partial charge in [0.2, 0.25) is 5.91 Å². The van der Waals surface area contributed by atoms with Crippen molar-refractivity contribution in [2.24, 2.45) is 0 Å². The number of amides is 1. The monoisotopic (exact) mass is 418 g/mol. The number of aromatic nitrogens is 2. The molecular formula is C25H30N4O2. The van der Waals surface area contributed by atoms with Crippen molar-refractivity contribution < 1.29 is 9.53 Å². The van der Waals surface area contributed by atoms with E-state index < -0.39 is 0 Å². The molecule has 1 N–H and O–H groups in total. The Balaban J connectivity index is 1.33. The van der Waals surface area contributed by atoms with E-state index in [0.717, 1.165) is 47.6 Å². The topological polar surface area (TPSA) is 59.4 Å². The Morgan fingerprint density at radius 2 is 2.03 bits per heavy atom. The van der Waals surface area contributed by atoms with Crippen LogP contribution in [0.25, 0.3) is 11.3 Å². The van der Waals surface area contributed by atoms with Crippen molar-refractivity contribution in [2.45, 2.75) is 40.3 Å². The summed E-state index contributed by atoms with van der Waals surface area (Å²) in [5, 5.41) is 7.50. The highest BCUT2D eigenvalue weighted by Crippen LogP contribution is 2.37. The maximum absolute atomic E-state index is 12.6. The van der Waals surface area contributed by atoms with Crippen LogP contribution in [0.3, 0.4) is 0 Å². The maximum atomic E-state index is 12.6. The minimum absolute atomic E-state index is 0.0230. The van der Waals surface area contributed by atoms with Gasteiger partial charge in [0.25, 0.3) is 0 Å². The van der Waals surface area contributed by atoms with Gasteiger partial charge in [0.15, 0.2) is 0 Å². The molecule has 1 amide bonds. The van der Waals surface area contributed by atoms with Crippen LogP contribution in [0, 0.1) is 13.8 Å². The van der Waals surface area contributed by atoms with Gasteiger partial charge in [-0.15, -0.1) is 0 Å². The van der Waals surface area contributed by atoms with Crippen molar-refractivity contribution in [3.05, 3.63) is 65.4 Å². The first-order valence-corrected chi connectivity index (χ1v) is 10.9. The minimum atomic E-state index is -0.0230. The van der Waals surface area contributed by atoms with E-state index in [2.05, 4.69) is 66.4 Å². The Morgan fingerprint density at radius 1 is 1.19 bits per heavy atom. The summed E-state index contributed by atoms with van der Waals surface area (Å²) in [6, 6.07) is 14.6. The smallest absolute Gasteiger partial charge is 0.241 e. The molecule has 1 aliphatic heterocycles. The van der Waals surface area contributed by atoms with Crippen LogP contribution >= 0.6 is 0 Å². The van der Waals surface area contributed by atoms with Gasteiger partial charge in [0, 0.05) is 36.4 Å². The Kier molecular flexibility index (Phi) is 6.26. The van der Waals surface area contributed by atoms with Gasteiger partial charge in [0.05, 0.1) is 11.9 Å². The second-order valence-electron chi connectivity index (χ2n) is 8.09. The zero-order valence-corrected chi connectivity index (χ0v) is 18.5. The predicted molar refractivity (Wildman–Crippen MR) is 123 cm³/mol. The van der Waals surface area contributed by atoms with Crippen LogP contribution in [0.15, 0.2) is 48.7 Å². The van der Waals surface area contributed by atoms with Crippen molar-refractivity contribution in [2.75, 3.05) is 24.5 Å². The summed E-state index contributed by atoms with van der Waals surface area (Å²) in [4.78, 5) is 14.9. The molecule has 0 fully saturated rings. The second kappa shape index (κ2) is 9.25. The van der Waals surface area contributed by atoms with E-state index in [1.807, 2.05) is 12.1 Å². The number of anilines is 1. The number of carbonyl (C=O) groups is 1. The van der Waals surface area contributed by atoms with E-state index in [1.54, 1.807) is 10.9 Å². The molecule has 2 heterocycles. The number of nitrogens with one attached hydrogen (secondary N) is 1. The van der Waals surface area contributed by atoms with Gasteiger partial charge in [-0.3, -0.25) is 9.48 Å². The molecule has 0 saturated carbocycles. The first-order chi connectivity index (χ1) is 15.0. The lowest BCUT2D eigenvalue weighted by Crippen LogP contribution is -2.32. The lowest BCUT2D eigenvalue weighted by atomic mass is 10.0. The fraction of sp³-hybridized carbons (Fsp3) is 0.360. The number of ether oxygens (including phenoxy) is 1. The van der Waals surface area contributed by atoms with Crippen molar-refractivity contribution in [1.29, 1.82) is 0 Å². The van der Waals surface area contributed by atoms with Gasteiger partial charge < -0.3 is 15.0 Å². The summed E-state index contributed by atoms with van der Waals surface area (Å²) in [6.45, 7) is 9.50. The molecule has 0 spiro atoms. The Labute approximate surface area is 183 Å². The molecule has 31 heavy (non-hydrogen) atoms. The molecule has 0 saturated heterocycles. The summed E-state index contributed by atoms with van der Waals surface area (Å²) in [5.41, 5.74) is 6.64. The quantitative estimate of drug-likeness (QED) is 0.560. The van der Waals surface area contributed by atoms with E-state index in [4.69, 9.17) is 4.74 Å². The summed E-state index contributed by atoms with van der Waals surface area (Å²) < 4.78 is 7.61. The third-order valence-electron chi connectivity index (χ3n) is 5.66. The summed E-state index contributed by atoms with van der Waals surface area (Å²) >= 11 is 0. The molecule has 6 heteroatoms. The predicted octanol–water partition coefficient (Wildman–Crippen LogP) is 4.09. The first-order valence-electron chi connectivity index (χ1n) is 10.9. The number of hydrogen-bond donors (Lipinski definition) is 1. The Morgan fingerprint density at radius 3 is 2.84 bits per heavy atom. The van der Waals surface area contributed by atoms with Crippen LogP contribution in [-0.4, -0.2) is 35.3 Å². The summed E-state index contributed by atoms with van der Waals surface area (Å²) in [7, 11) is 0. The summed E-state index contributed by atoms with van der Waals surface area (Å²) in [5.74, 6) is 0.821. The minimum Gasteiger partial charge on any atom is -0.488 e. The van der Waals surface area contributed by atoms with Crippen molar-refractivity contribution >= 4 is 11.6 Å². The third kappa shape index (κ3) is 4.74. The molecule has 0 radical (unpaired) electrons. The fourth-order valence-corrected chi connectivity index (χ4v) is 4.06. The van der Waals surface area contributed by atoms with Crippen LogP contribution < -0.4 is 15.0 Å². The van der Waals surface area contributed by atoms with Gasteiger partial charge in [-0.25, -0.2) is 0 Å². The highest BCUT2D eigenvalue weighted by molar-refractivity contribution is 5.78. The molecule has 6 nitrogen and oxygen atoms in total.